The van der Waals surface area contributed by atoms with Crippen LogP contribution in [0.25, 0.3) is 0 Å². The van der Waals surface area contributed by atoms with Crippen molar-refractivity contribution in [2.24, 2.45) is 0 Å². The van der Waals surface area contributed by atoms with E-state index in [4.69, 9.17) is 15.3 Å². The van der Waals surface area contributed by atoms with E-state index >= 15 is 0 Å². The molecule has 5 heteroatoms. The highest BCUT2D eigenvalue weighted by molar-refractivity contribution is 5.81. The van der Waals surface area contributed by atoms with Gasteiger partial charge in [-0.05, 0) is 5.92 Å². The number of esters is 1. The molecular weight excluding hydrogens is 188 g/mol. The molecule has 0 aliphatic rings. The average molecular weight is 200 g/mol. The van der Waals surface area contributed by atoms with Gasteiger partial charge < -0.3 is 20.1 Å². The molecule has 14 heavy (non-hydrogen) atoms. The molecular formula is C9H12O5. The van der Waals surface area contributed by atoms with Crippen LogP contribution in [0.4, 0.5) is 0 Å². The SMILES string of the molecule is C=CC(=O)OC(C#CCO)(CO)CO. The highest BCUT2D eigenvalue weighted by atomic mass is 16.6. The summed E-state index contributed by atoms with van der Waals surface area (Å²) in [4.78, 5) is 10.8. The van der Waals surface area contributed by atoms with E-state index in [2.05, 4.69) is 23.2 Å². The fraction of sp³-hybridized carbons (Fsp3) is 0.444. The predicted octanol–water partition coefficient (Wildman–Crippen LogP) is -1.57. The summed E-state index contributed by atoms with van der Waals surface area (Å²) in [7, 11) is 0. The third kappa shape index (κ3) is 3.58. The van der Waals surface area contributed by atoms with Crippen molar-refractivity contribution in [3.05, 3.63) is 12.7 Å². The minimum atomic E-state index is -1.67. The number of hydrogen-bond acceptors (Lipinski definition) is 5. The molecule has 0 aliphatic heterocycles. The molecule has 0 aromatic carbocycles. The molecule has 0 radical (unpaired) electrons. The first kappa shape index (κ1) is 12.7. The molecule has 0 spiro atoms. The van der Waals surface area contributed by atoms with E-state index in [9.17, 15) is 4.79 Å². The van der Waals surface area contributed by atoms with Crippen LogP contribution in [-0.2, 0) is 9.53 Å². The Balaban J connectivity index is 4.69. The van der Waals surface area contributed by atoms with E-state index in [1.807, 2.05) is 0 Å². The molecule has 0 heterocycles. The fourth-order valence-electron chi connectivity index (χ4n) is 0.654. The summed E-state index contributed by atoms with van der Waals surface area (Å²) >= 11 is 0. The second kappa shape index (κ2) is 6.16. The largest absolute Gasteiger partial charge is 0.438 e. The summed E-state index contributed by atoms with van der Waals surface area (Å²) in [5, 5.41) is 26.2. The Kier molecular flexibility index (Phi) is 5.56. The second-order valence-electron chi connectivity index (χ2n) is 2.40. The normalized spacial score (nSPS) is 9.93. The van der Waals surface area contributed by atoms with Gasteiger partial charge in [0, 0.05) is 6.08 Å². The van der Waals surface area contributed by atoms with Crippen LogP contribution in [0.3, 0.4) is 0 Å². The van der Waals surface area contributed by atoms with Crippen LogP contribution in [0.1, 0.15) is 0 Å². The van der Waals surface area contributed by atoms with Crippen LogP contribution in [0.2, 0.25) is 0 Å². The molecule has 0 aliphatic carbocycles. The Morgan fingerprint density at radius 3 is 2.36 bits per heavy atom. The minimum Gasteiger partial charge on any atom is -0.438 e. The van der Waals surface area contributed by atoms with Gasteiger partial charge >= 0.3 is 5.97 Å². The van der Waals surface area contributed by atoms with Crippen molar-refractivity contribution in [3.8, 4) is 11.8 Å². The van der Waals surface area contributed by atoms with Gasteiger partial charge in [0.15, 0.2) is 0 Å². The lowest BCUT2D eigenvalue weighted by atomic mass is 10.1. The molecule has 0 saturated carbocycles. The summed E-state index contributed by atoms with van der Waals surface area (Å²) in [5.41, 5.74) is -1.67. The molecule has 0 amide bonds. The fourth-order valence-corrected chi connectivity index (χ4v) is 0.654. The maximum absolute atomic E-state index is 10.8. The molecule has 0 atom stereocenters. The van der Waals surface area contributed by atoms with Crippen LogP contribution in [0.15, 0.2) is 12.7 Å². The van der Waals surface area contributed by atoms with Gasteiger partial charge in [0.25, 0.3) is 0 Å². The molecule has 0 bridgehead atoms. The maximum atomic E-state index is 10.8. The van der Waals surface area contributed by atoms with E-state index in [1.165, 1.54) is 0 Å². The summed E-state index contributed by atoms with van der Waals surface area (Å²) < 4.78 is 4.65. The number of ether oxygens (including phenoxy) is 1. The van der Waals surface area contributed by atoms with Gasteiger partial charge in [0.2, 0.25) is 5.60 Å². The number of rotatable bonds is 4. The van der Waals surface area contributed by atoms with E-state index in [-0.39, 0.29) is 0 Å². The summed E-state index contributed by atoms with van der Waals surface area (Å²) in [6.45, 7) is 1.39. The lowest BCUT2D eigenvalue weighted by molar-refractivity contribution is -0.155. The molecule has 5 nitrogen and oxygen atoms in total. The van der Waals surface area contributed by atoms with Crippen molar-refractivity contribution in [3.63, 3.8) is 0 Å². The van der Waals surface area contributed by atoms with E-state index < -0.39 is 31.4 Å². The van der Waals surface area contributed by atoms with Gasteiger partial charge in [-0.1, -0.05) is 12.5 Å². The molecule has 0 fully saturated rings. The molecule has 0 unspecified atom stereocenters. The highest BCUT2D eigenvalue weighted by Crippen LogP contribution is 2.08. The molecule has 78 valence electrons. The minimum absolute atomic E-state index is 0.451. The average Bonchev–Trinajstić information content (AvgIpc) is 2.24. The lowest BCUT2D eigenvalue weighted by Crippen LogP contribution is -2.41. The smallest absolute Gasteiger partial charge is 0.331 e. The van der Waals surface area contributed by atoms with Gasteiger partial charge in [-0.3, -0.25) is 0 Å². The molecule has 3 N–H and O–H groups in total. The lowest BCUT2D eigenvalue weighted by Gasteiger charge is -2.22. The summed E-state index contributed by atoms with van der Waals surface area (Å²) in [5.74, 6) is 3.65. The van der Waals surface area contributed by atoms with Gasteiger partial charge in [0.05, 0.1) is 13.2 Å². The number of aliphatic hydroxyl groups is 3. The van der Waals surface area contributed by atoms with E-state index in [1.54, 1.807) is 0 Å². The quantitative estimate of drug-likeness (QED) is 0.290. The highest BCUT2D eigenvalue weighted by Gasteiger charge is 2.30. The zero-order valence-electron chi connectivity index (χ0n) is 7.56. The van der Waals surface area contributed by atoms with Crippen LogP contribution in [0, 0.1) is 11.8 Å². The topological polar surface area (TPSA) is 87.0 Å². The predicted molar refractivity (Wildman–Crippen MR) is 48.1 cm³/mol. The van der Waals surface area contributed by atoms with Gasteiger partial charge in [-0.2, -0.15) is 0 Å². The Hall–Kier alpha value is -1.35. The monoisotopic (exact) mass is 200 g/mol. The third-order valence-electron chi connectivity index (χ3n) is 1.37. The first-order chi connectivity index (χ1) is 6.64. The Morgan fingerprint density at radius 1 is 1.43 bits per heavy atom. The summed E-state index contributed by atoms with van der Waals surface area (Å²) in [6, 6.07) is 0. The van der Waals surface area contributed by atoms with Crippen molar-refractivity contribution in [2.75, 3.05) is 19.8 Å². The molecule has 0 saturated heterocycles. The Bertz CT molecular complexity index is 256. The number of carbonyl (C=O) groups is 1. The number of carbonyl (C=O) groups excluding carboxylic acids is 1. The number of hydrogen-bond donors (Lipinski definition) is 3. The Labute approximate surface area is 81.6 Å². The van der Waals surface area contributed by atoms with Crippen molar-refractivity contribution in [1.82, 2.24) is 0 Å². The first-order valence-corrected chi connectivity index (χ1v) is 3.82. The van der Waals surface area contributed by atoms with E-state index in [0.29, 0.717) is 0 Å². The van der Waals surface area contributed by atoms with Crippen molar-refractivity contribution in [1.29, 1.82) is 0 Å². The van der Waals surface area contributed by atoms with Crippen molar-refractivity contribution in [2.45, 2.75) is 5.60 Å². The maximum Gasteiger partial charge on any atom is 0.331 e. The molecule has 0 rings (SSSR count). The Morgan fingerprint density at radius 2 is 2.00 bits per heavy atom. The van der Waals surface area contributed by atoms with E-state index in [0.717, 1.165) is 6.08 Å². The second-order valence-corrected chi connectivity index (χ2v) is 2.40. The van der Waals surface area contributed by atoms with Gasteiger partial charge in [-0.25, -0.2) is 4.79 Å². The van der Waals surface area contributed by atoms with Crippen molar-refractivity contribution >= 4 is 5.97 Å². The van der Waals surface area contributed by atoms with Crippen LogP contribution in [0.5, 0.6) is 0 Å². The van der Waals surface area contributed by atoms with Crippen LogP contribution in [-0.4, -0.2) is 46.7 Å². The zero-order valence-corrected chi connectivity index (χ0v) is 7.56. The zero-order chi connectivity index (χ0) is 11.0. The number of aliphatic hydroxyl groups excluding tert-OH is 3. The summed E-state index contributed by atoms with van der Waals surface area (Å²) in [6.07, 6.45) is 0.890. The van der Waals surface area contributed by atoms with Crippen molar-refractivity contribution < 1.29 is 24.9 Å². The van der Waals surface area contributed by atoms with Gasteiger partial charge in [-0.15, -0.1) is 0 Å². The standard InChI is InChI=1S/C9H12O5/c1-2-8(13)14-9(6-11,7-12)4-3-5-10/h2,10-12H,1,5-7H2. The van der Waals surface area contributed by atoms with Gasteiger partial charge in [0.1, 0.15) is 6.61 Å². The van der Waals surface area contributed by atoms with Crippen LogP contribution < -0.4 is 0 Å². The third-order valence-corrected chi connectivity index (χ3v) is 1.37. The molecule has 0 aromatic rings. The first-order valence-electron chi connectivity index (χ1n) is 3.82. The molecule has 0 aromatic heterocycles. The van der Waals surface area contributed by atoms with Crippen LogP contribution >= 0.6 is 0 Å².